The fourth-order valence-electron chi connectivity index (χ4n) is 3.09. The number of carbonyl (C=O) groups excluding carboxylic acids is 1. The van der Waals surface area contributed by atoms with Gasteiger partial charge in [-0.15, -0.1) is 12.4 Å². The highest BCUT2D eigenvalue weighted by atomic mass is 35.5. The number of nitrogens with zero attached hydrogens (tertiary/aromatic N) is 2. The quantitative estimate of drug-likeness (QED) is 0.558. The maximum Gasteiger partial charge on any atom is 0.159 e. The summed E-state index contributed by atoms with van der Waals surface area (Å²) in [5.41, 5.74) is 2.62. The first-order chi connectivity index (χ1) is 13.0. The Morgan fingerprint density at radius 1 is 1.18 bits per heavy atom. The third-order valence-electron chi connectivity index (χ3n) is 4.83. The number of imidazole rings is 1. The lowest BCUT2D eigenvalue weighted by Crippen LogP contribution is -2.25. The van der Waals surface area contributed by atoms with Gasteiger partial charge in [0.15, 0.2) is 5.78 Å². The first-order valence-corrected chi connectivity index (χ1v) is 9.36. The molecule has 6 heteroatoms. The average molecular weight is 403 g/mol. The highest BCUT2D eigenvalue weighted by molar-refractivity contribution is 5.94. The number of hydrogen-bond donors (Lipinski definition) is 1. The van der Waals surface area contributed by atoms with Crippen LogP contribution in [0.1, 0.15) is 49.3 Å². The van der Waals surface area contributed by atoms with Gasteiger partial charge in [0.05, 0.1) is 17.6 Å². The molecule has 1 N–H and O–H groups in total. The van der Waals surface area contributed by atoms with Crippen molar-refractivity contribution in [3.8, 4) is 5.75 Å². The van der Waals surface area contributed by atoms with E-state index < -0.39 is 6.10 Å². The van der Waals surface area contributed by atoms with Gasteiger partial charge in [-0.3, -0.25) is 4.79 Å². The van der Waals surface area contributed by atoms with Crippen LogP contribution in [0.5, 0.6) is 5.75 Å². The first kappa shape index (κ1) is 21.9. The van der Waals surface area contributed by atoms with Gasteiger partial charge < -0.3 is 14.4 Å². The van der Waals surface area contributed by atoms with E-state index in [-0.39, 0.29) is 24.8 Å². The minimum absolute atomic E-state index is 0. The van der Waals surface area contributed by atoms with E-state index in [0.29, 0.717) is 23.8 Å². The predicted octanol–water partition coefficient (Wildman–Crippen LogP) is 4.61. The van der Waals surface area contributed by atoms with E-state index in [2.05, 4.69) is 18.4 Å². The van der Waals surface area contributed by atoms with Crippen LogP contribution in [0.4, 0.5) is 0 Å². The van der Waals surface area contributed by atoms with E-state index in [1.54, 1.807) is 24.3 Å². The van der Waals surface area contributed by atoms with Crippen molar-refractivity contribution in [1.29, 1.82) is 0 Å². The van der Waals surface area contributed by atoms with Crippen molar-refractivity contribution < 1.29 is 14.6 Å². The first-order valence-electron chi connectivity index (χ1n) is 9.36. The third kappa shape index (κ3) is 4.91. The number of aliphatic hydroxyl groups is 1. The van der Waals surface area contributed by atoms with E-state index >= 15 is 0 Å². The van der Waals surface area contributed by atoms with Crippen LogP contribution < -0.4 is 4.74 Å². The van der Waals surface area contributed by atoms with Crippen molar-refractivity contribution in [2.75, 3.05) is 6.61 Å². The lowest BCUT2D eigenvalue weighted by molar-refractivity contribution is 0.0923. The number of para-hydroxylation sites is 2. The van der Waals surface area contributed by atoms with Crippen molar-refractivity contribution in [3.63, 3.8) is 0 Å². The van der Waals surface area contributed by atoms with E-state index in [9.17, 15) is 9.90 Å². The van der Waals surface area contributed by atoms with Gasteiger partial charge in [-0.1, -0.05) is 26.0 Å². The van der Waals surface area contributed by atoms with Gasteiger partial charge in [-0.05, 0) is 49.7 Å². The molecule has 0 aliphatic rings. The lowest BCUT2D eigenvalue weighted by Gasteiger charge is -2.17. The maximum atomic E-state index is 11.3. The van der Waals surface area contributed by atoms with Crippen LogP contribution in [-0.2, 0) is 6.54 Å². The van der Waals surface area contributed by atoms with Crippen LogP contribution in [0.15, 0.2) is 48.5 Å². The second-order valence-electron chi connectivity index (χ2n) is 6.92. The molecule has 3 aromatic rings. The van der Waals surface area contributed by atoms with Gasteiger partial charge in [0.2, 0.25) is 0 Å². The minimum Gasteiger partial charge on any atom is -0.491 e. The molecule has 150 valence electrons. The zero-order valence-electron chi connectivity index (χ0n) is 16.5. The normalized spacial score (nSPS) is 13.0. The van der Waals surface area contributed by atoms with E-state index in [4.69, 9.17) is 9.72 Å². The highest BCUT2D eigenvalue weighted by Crippen LogP contribution is 2.24. The molecular weight excluding hydrogens is 376 g/mol. The number of aromatic nitrogens is 2. The molecule has 0 spiro atoms. The fraction of sp³-hybridized carbons (Fsp3) is 0.364. The van der Waals surface area contributed by atoms with Crippen LogP contribution in [0.25, 0.3) is 11.0 Å². The Hall–Kier alpha value is -2.37. The molecular formula is C22H27ClN2O3. The zero-order chi connectivity index (χ0) is 19.4. The Morgan fingerprint density at radius 2 is 1.86 bits per heavy atom. The number of hydrogen-bond acceptors (Lipinski definition) is 4. The summed E-state index contributed by atoms with van der Waals surface area (Å²) in [6.45, 7) is 6.41. The minimum atomic E-state index is -0.669. The van der Waals surface area contributed by atoms with Crippen molar-refractivity contribution in [1.82, 2.24) is 9.55 Å². The molecule has 1 aromatic heterocycles. The van der Waals surface area contributed by atoms with Crippen LogP contribution in [0.3, 0.4) is 0 Å². The van der Waals surface area contributed by atoms with Gasteiger partial charge in [-0.25, -0.2) is 4.98 Å². The molecule has 2 aromatic carbocycles. The summed E-state index contributed by atoms with van der Waals surface area (Å²) < 4.78 is 7.79. The summed E-state index contributed by atoms with van der Waals surface area (Å²) in [4.78, 5) is 16.1. The van der Waals surface area contributed by atoms with Gasteiger partial charge in [0.25, 0.3) is 0 Å². The number of halogens is 1. The summed E-state index contributed by atoms with van der Waals surface area (Å²) in [5.74, 6) is 1.95. The number of Topliss-reactive ketones (excluding diaryl/α,β-unsaturated/α-hetero) is 1. The molecule has 2 unspecified atom stereocenters. The molecule has 0 aliphatic heterocycles. The standard InChI is InChI=1S/C22H26N2O3.ClH/c1-4-15(2)22-23-20-7-5-6-8-21(20)24(22)13-18(26)14-27-19-11-9-17(10-12-19)16(3)25;/h5-12,15,18,26H,4,13-14H2,1-3H3;1H. The molecule has 0 fully saturated rings. The molecule has 0 bridgehead atoms. The average Bonchev–Trinajstić information content (AvgIpc) is 3.04. The van der Waals surface area contributed by atoms with Gasteiger partial charge >= 0.3 is 0 Å². The van der Waals surface area contributed by atoms with Crippen molar-refractivity contribution >= 4 is 29.2 Å². The Balaban J connectivity index is 0.00000280. The van der Waals surface area contributed by atoms with Crippen molar-refractivity contribution in [3.05, 3.63) is 59.9 Å². The number of aliphatic hydroxyl groups excluding tert-OH is 1. The summed E-state index contributed by atoms with van der Waals surface area (Å²) >= 11 is 0. The topological polar surface area (TPSA) is 64.3 Å². The maximum absolute atomic E-state index is 11.3. The van der Waals surface area contributed by atoms with Gasteiger partial charge in [0.1, 0.15) is 24.3 Å². The van der Waals surface area contributed by atoms with Crippen LogP contribution in [0.2, 0.25) is 0 Å². The summed E-state index contributed by atoms with van der Waals surface area (Å²) in [5, 5.41) is 10.5. The van der Waals surface area contributed by atoms with Crippen molar-refractivity contribution in [2.24, 2.45) is 0 Å². The number of fused-ring (bicyclic) bond motifs is 1. The molecule has 0 aliphatic carbocycles. The number of carbonyl (C=O) groups is 1. The number of ether oxygens (including phenoxy) is 1. The number of ketones is 1. The largest absolute Gasteiger partial charge is 0.491 e. The SMILES string of the molecule is CCC(C)c1nc2ccccc2n1CC(O)COc1ccc(C(C)=O)cc1.Cl. The number of benzene rings is 2. The molecule has 28 heavy (non-hydrogen) atoms. The molecule has 2 atom stereocenters. The van der Waals surface area contributed by atoms with E-state index in [1.807, 2.05) is 24.3 Å². The Kier molecular flexibility index (Phi) is 7.61. The van der Waals surface area contributed by atoms with E-state index in [0.717, 1.165) is 23.3 Å². The molecule has 0 amide bonds. The van der Waals surface area contributed by atoms with Crippen LogP contribution in [-0.4, -0.2) is 33.2 Å². The third-order valence-corrected chi connectivity index (χ3v) is 4.83. The second-order valence-corrected chi connectivity index (χ2v) is 6.92. The summed E-state index contributed by atoms with van der Waals surface area (Å²) in [6, 6.07) is 15.0. The van der Waals surface area contributed by atoms with E-state index in [1.165, 1.54) is 6.92 Å². The van der Waals surface area contributed by atoms with Crippen LogP contribution in [0, 0.1) is 0 Å². The molecule has 0 saturated heterocycles. The van der Waals surface area contributed by atoms with Crippen LogP contribution >= 0.6 is 12.4 Å². The molecule has 1 heterocycles. The second kappa shape index (κ2) is 9.71. The summed E-state index contributed by atoms with van der Waals surface area (Å²) in [7, 11) is 0. The predicted molar refractivity (Wildman–Crippen MR) is 114 cm³/mol. The lowest BCUT2D eigenvalue weighted by atomic mass is 10.1. The smallest absolute Gasteiger partial charge is 0.159 e. The highest BCUT2D eigenvalue weighted by Gasteiger charge is 2.18. The van der Waals surface area contributed by atoms with Gasteiger partial charge in [0, 0.05) is 11.5 Å². The summed E-state index contributed by atoms with van der Waals surface area (Å²) in [6.07, 6.45) is 0.316. The Labute approximate surface area is 171 Å². The van der Waals surface area contributed by atoms with Gasteiger partial charge in [-0.2, -0.15) is 0 Å². The number of rotatable bonds is 8. The molecule has 5 nitrogen and oxygen atoms in total. The fourth-order valence-corrected chi connectivity index (χ4v) is 3.09. The Morgan fingerprint density at radius 3 is 2.50 bits per heavy atom. The zero-order valence-corrected chi connectivity index (χ0v) is 17.3. The molecule has 0 radical (unpaired) electrons. The Bertz CT molecular complexity index is 921. The monoisotopic (exact) mass is 402 g/mol. The van der Waals surface area contributed by atoms with Crippen molar-refractivity contribution in [2.45, 2.75) is 45.8 Å². The molecule has 3 rings (SSSR count). The molecule has 0 saturated carbocycles.